The number of hydrogen-bond acceptors (Lipinski definition) is 4. The maximum absolute atomic E-state index is 11.9. The van der Waals surface area contributed by atoms with Gasteiger partial charge in [0.1, 0.15) is 4.21 Å². The van der Waals surface area contributed by atoms with E-state index in [0.717, 1.165) is 30.6 Å². The Morgan fingerprint density at radius 2 is 2.20 bits per heavy atom. The fourth-order valence-corrected chi connectivity index (χ4v) is 4.10. The van der Waals surface area contributed by atoms with Crippen molar-refractivity contribution in [1.82, 2.24) is 4.72 Å². The number of allylic oxidation sites excluding steroid dienone is 1. The molecule has 0 aliphatic rings. The van der Waals surface area contributed by atoms with E-state index in [1.807, 2.05) is 12.2 Å². The lowest BCUT2D eigenvalue weighted by Gasteiger charge is -2.09. The van der Waals surface area contributed by atoms with Gasteiger partial charge in [-0.2, -0.15) is 0 Å². The first kappa shape index (κ1) is 17.7. The predicted molar refractivity (Wildman–Crippen MR) is 83.8 cm³/mol. The number of hydrogen-bond donors (Lipinski definition) is 2. The van der Waals surface area contributed by atoms with Crippen molar-refractivity contribution in [3.05, 3.63) is 28.6 Å². The normalized spacial score (nSPS) is 13.9. The fourth-order valence-electron chi connectivity index (χ4n) is 1.50. The highest BCUT2D eigenvalue weighted by Crippen LogP contribution is 2.25. The summed E-state index contributed by atoms with van der Waals surface area (Å²) in [5.41, 5.74) is 0. The molecule has 20 heavy (non-hydrogen) atoms. The summed E-state index contributed by atoms with van der Waals surface area (Å²) >= 11 is 6.70. The molecule has 0 fully saturated rings. The van der Waals surface area contributed by atoms with Crippen LogP contribution < -0.4 is 4.72 Å². The van der Waals surface area contributed by atoms with Gasteiger partial charge in [0.25, 0.3) is 0 Å². The second-order valence-corrected chi connectivity index (χ2v) is 8.12. The molecular weight excluding hydrogens is 318 g/mol. The zero-order valence-corrected chi connectivity index (χ0v) is 13.8. The van der Waals surface area contributed by atoms with E-state index in [4.69, 9.17) is 11.6 Å². The quantitative estimate of drug-likeness (QED) is 0.537. The van der Waals surface area contributed by atoms with Crippen molar-refractivity contribution in [3.8, 4) is 0 Å². The Hall–Kier alpha value is -0.400. The van der Waals surface area contributed by atoms with Crippen molar-refractivity contribution >= 4 is 33.0 Å². The summed E-state index contributed by atoms with van der Waals surface area (Å²) in [5, 5.41) is 9.72. The van der Waals surface area contributed by atoms with Crippen LogP contribution in [0.4, 0.5) is 0 Å². The van der Waals surface area contributed by atoms with Gasteiger partial charge in [-0.3, -0.25) is 0 Å². The topological polar surface area (TPSA) is 66.4 Å². The van der Waals surface area contributed by atoms with E-state index in [1.54, 1.807) is 0 Å². The third kappa shape index (κ3) is 6.37. The van der Waals surface area contributed by atoms with Crippen LogP contribution in [-0.4, -0.2) is 26.2 Å². The fraction of sp³-hybridized carbons (Fsp3) is 0.538. The van der Waals surface area contributed by atoms with E-state index in [2.05, 4.69) is 11.6 Å². The zero-order valence-electron chi connectivity index (χ0n) is 11.4. The van der Waals surface area contributed by atoms with E-state index in [0.29, 0.717) is 10.8 Å². The first-order valence-electron chi connectivity index (χ1n) is 6.53. The maximum Gasteiger partial charge on any atom is 0.250 e. The molecule has 0 saturated carbocycles. The van der Waals surface area contributed by atoms with Gasteiger partial charge >= 0.3 is 0 Å². The molecule has 0 aromatic carbocycles. The highest BCUT2D eigenvalue weighted by Gasteiger charge is 2.17. The monoisotopic (exact) mass is 337 g/mol. The zero-order chi connectivity index (χ0) is 15.0. The molecule has 0 saturated heterocycles. The highest BCUT2D eigenvalue weighted by atomic mass is 35.5. The predicted octanol–water partition coefficient (Wildman–Crippen LogP) is 3.18. The minimum Gasteiger partial charge on any atom is -0.391 e. The van der Waals surface area contributed by atoms with Crippen molar-refractivity contribution in [1.29, 1.82) is 0 Å². The van der Waals surface area contributed by atoms with Crippen LogP contribution in [0.1, 0.15) is 32.6 Å². The average molecular weight is 338 g/mol. The Kier molecular flexibility index (Phi) is 7.76. The number of rotatable bonds is 9. The lowest BCUT2D eigenvalue weighted by molar-refractivity contribution is 0.181. The summed E-state index contributed by atoms with van der Waals surface area (Å²) in [6.07, 6.45) is 6.86. The van der Waals surface area contributed by atoms with Crippen LogP contribution >= 0.6 is 22.9 Å². The van der Waals surface area contributed by atoms with Crippen molar-refractivity contribution in [2.75, 3.05) is 6.54 Å². The molecule has 1 aromatic rings. The minimum atomic E-state index is -3.57. The number of aliphatic hydroxyl groups excluding tert-OH is 1. The van der Waals surface area contributed by atoms with Gasteiger partial charge in [-0.05, 0) is 25.0 Å². The Bertz CT molecular complexity index is 525. The molecule has 1 heterocycles. The van der Waals surface area contributed by atoms with Gasteiger partial charge < -0.3 is 5.11 Å². The van der Waals surface area contributed by atoms with Crippen molar-refractivity contribution in [3.63, 3.8) is 0 Å². The van der Waals surface area contributed by atoms with E-state index >= 15 is 0 Å². The molecule has 0 aliphatic heterocycles. The molecule has 2 N–H and O–H groups in total. The Labute approximate surface area is 129 Å². The van der Waals surface area contributed by atoms with E-state index in [-0.39, 0.29) is 10.8 Å². The first-order chi connectivity index (χ1) is 9.45. The molecule has 1 atom stereocenters. The van der Waals surface area contributed by atoms with Gasteiger partial charge in [0.05, 0.1) is 10.4 Å². The van der Waals surface area contributed by atoms with Crippen LogP contribution in [0, 0.1) is 0 Å². The number of aliphatic hydroxyl groups is 1. The highest BCUT2D eigenvalue weighted by molar-refractivity contribution is 7.91. The standard InChI is InChI=1S/C13H20ClNO3S2/c1-2-3-4-5-6-7-11(16)10-15-20(17,18)13-9-8-12(14)19-13/h5-6,8-9,11,15-16H,2-4,7,10H2,1H3/t11-/m1/s1. The van der Waals surface area contributed by atoms with Crippen LogP contribution in [-0.2, 0) is 10.0 Å². The molecule has 4 nitrogen and oxygen atoms in total. The molecule has 0 radical (unpaired) electrons. The number of halogens is 1. The molecule has 114 valence electrons. The van der Waals surface area contributed by atoms with Crippen molar-refractivity contribution in [2.24, 2.45) is 0 Å². The van der Waals surface area contributed by atoms with Gasteiger partial charge in [0, 0.05) is 6.54 Å². The number of nitrogens with one attached hydrogen (secondary N) is 1. The summed E-state index contributed by atoms with van der Waals surface area (Å²) in [6.45, 7) is 2.12. The molecule has 1 aromatic heterocycles. The Morgan fingerprint density at radius 1 is 1.45 bits per heavy atom. The number of unbranched alkanes of at least 4 members (excludes halogenated alkanes) is 2. The summed E-state index contributed by atoms with van der Waals surface area (Å²) in [7, 11) is -3.57. The molecule has 7 heteroatoms. The largest absolute Gasteiger partial charge is 0.391 e. The van der Waals surface area contributed by atoms with Crippen LogP contribution in [0.25, 0.3) is 0 Å². The van der Waals surface area contributed by atoms with Crippen LogP contribution in [0.5, 0.6) is 0 Å². The molecule has 0 spiro atoms. The molecule has 0 aliphatic carbocycles. The van der Waals surface area contributed by atoms with Gasteiger partial charge in [-0.25, -0.2) is 13.1 Å². The van der Waals surface area contributed by atoms with Gasteiger partial charge in [0.2, 0.25) is 10.0 Å². The molecule has 0 bridgehead atoms. The molecular formula is C13H20ClNO3S2. The third-order valence-electron chi connectivity index (χ3n) is 2.62. The summed E-state index contributed by atoms with van der Waals surface area (Å²) in [5.74, 6) is 0. The van der Waals surface area contributed by atoms with Crippen molar-refractivity contribution < 1.29 is 13.5 Å². The van der Waals surface area contributed by atoms with E-state index < -0.39 is 16.1 Å². The Balaban J connectivity index is 2.37. The average Bonchev–Trinajstić information content (AvgIpc) is 2.84. The second kappa shape index (κ2) is 8.79. The van der Waals surface area contributed by atoms with Crippen LogP contribution in [0.2, 0.25) is 4.34 Å². The molecule has 0 amide bonds. The summed E-state index contributed by atoms with van der Waals surface area (Å²) < 4.78 is 26.7. The lowest BCUT2D eigenvalue weighted by atomic mass is 10.2. The first-order valence-corrected chi connectivity index (χ1v) is 9.21. The molecule has 0 unspecified atom stereocenters. The van der Waals surface area contributed by atoms with Gasteiger partial charge in [0.15, 0.2) is 0 Å². The van der Waals surface area contributed by atoms with E-state index in [9.17, 15) is 13.5 Å². The number of sulfonamides is 1. The summed E-state index contributed by atoms with van der Waals surface area (Å²) in [6, 6.07) is 2.99. The lowest BCUT2D eigenvalue weighted by Crippen LogP contribution is -2.31. The molecule has 1 rings (SSSR count). The smallest absolute Gasteiger partial charge is 0.250 e. The minimum absolute atomic E-state index is 0.00400. The SMILES string of the molecule is CCCCC=CC[C@@H](O)CNS(=O)(=O)c1ccc(Cl)s1. The van der Waals surface area contributed by atoms with Gasteiger partial charge in [-0.1, -0.05) is 43.5 Å². The van der Waals surface area contributed by atoms with Gasteiger partial charge in [-0.15, -0.1) is 11.3 Å². The third-order valence-corrected chi connectivity index (χ3v) is 5.77. The van der Waals surface area contributed by atoms with Crippen LogP contribution in [0.3, 0.4) is 0 Å². The maximum atomic E-state index is 11.9. The Morgan fingerprint density at radius 3 is 2.80 bits per heavy atom. The van der Waals surface area contributed by atoms with E-state index in [1.165, 1.54) is 12.1 Å². The number of thiophene rings is 1. The van der Waals surface area contributed by atoms with Crippen molar-refractivity contribution in [2.45, 2.75) is 42.9 Å². The van der Waals surface area contributed by atoms with Crippen LogP contribution in [0.15, 0.2) is 28.5 Å². The summed E-state index contributed by atoms with van der Waals surface area (Å²) in [4.78, 5) is 0. The second-order valence-electron chi connectivity index (χ2n) is 4.41.